The molecule has 0 radical (unpaired) electrons. The average Bonchev–Trinajstić information content (AvgIpc) is 3.66. The molecule has 4 saturated heterocycles. The van der Waals surface area contributed by atoms with Gasteiger partial charge in [-0.2, -0.15) is 0 Å². The number of amides is 4. The van der Waals surface area contributed by atoms with E-state index in [1.807, 2.05) is 41.4 Å². The summed E-state index contributed by atoms with van der Waals surface area (Å²) in [6, 6.07) is 20.1. The largest absolute Gasteiger partial charge is 0.507 e. The summed E-state index contributed by atoms with van der Waals surface area (Å²) in [4.78, 5) is 45.9. The van der Waals surface area contributed by atoms with Crippen LogP contribution in [0.3, 0.4) is 0 Å². The fourth-order valence-corrected chi connectivity index (χ4v) is 9.91. The minimum absolute atomic E-state index is 0.0957. The first-order chi connectivity index (χ1) is 29.1. The summed E-state index contributed by atoms with van der Waals surface area (Å²) in [5, 5.41) is 22.1. The van der Waals surface area contributed by atoms with Crippen LogP contribution in [0.2, 0.25) is 0 Å². The molecule has 1 atom stereocenters. The molecule has 0 aliphatic carbocycles. The number of fused-ring (bicyclic) bond motifs is 1. The van der Waals surface area contributed by atoms with Gasteiger partial charge in [0.2, 0.25) is 5.91 Å². The van der Waals surface area contributed by atoms with E-state index in [1.54, 1.807) is 18.2 Å². The Morgan fingerprint density at radius 3 is 2.47 bits per heavy atom. The Hall–Kier alpha value is -6.02. The van der Waals surface area contributed by atoms with E-state index in [4.69, 9.17) is 5.73 Å². The van der Waals surface area contributed by atoms with Crippen LogP contribution in [0.25, 0.3) is 22.2 Å². The van der Waals surface area contributed by atoms with Crippen LogP contribution in [0.1, 0.15) is 78.4 Å². The molecule has 13 nitrogen and oxygen atoms in total. The zero-order valence-corrected chi connectivity index (χ0v) is 34.0. The molecule has 312 valence electrons. The number of para-hydroxylation sites is 1. The molecular weight excluding hydrogens is 762 g/mol. The minimum Gasteiger partial charge on any atom is -0.507 e. The maximum absolute atomic E-state index is 15.4. The number of benzene rings is 3. The number of hydrogen-bond acceptors (Lipinski definition) is 9. The number of phenols is 1. The summed E-state index contributed by atoms with van der Waals surface area (Å²) in [6.07, 6.45) is 8.08. The average molecular weight is 814 g/mol. The molecule has 4 aliphatic rings. The molecule has 60 heavy (non-hydrogen) atoms. The zero-order chi connectivity index (χ0) is 41.5. The molecule has 5 aromatic rings. The predicted molar refractivity (Wildman–Crippen MR) is 230 cm³/mol. The normalized spacial score (nSPS) is 19.9. The van der Waals surface area contributed by atoms with Crippen molar-refractivity contribution in [1.82, 2.24) is 29.9 Å². The Labute approximate surface area is 348 Å². The van der Waals surface area contributed by atoms with Gasteiger partial charge in [-0.3, -0.25) is 19.8 Å². The molecule has 0 unspecified atom stereocenters. The fourth-order valence-electron chi connectivity index (χ4n) is 9.91. The van der Waals surface area contributed by atoms with Gasteiger partial charge in [0.1, 0.15) is 11.6 Å². The number of piperidine rings is 3. The number of halogens is 1. The highest BCUT2D eigenvalue weighted by Crippen LogP contribution is 2.37. The quantitative estimate of drug-likeness (QED) is 0.153. The summed E-state index contributed by atoms with van der Waals surface area (Å²) >= 11 is 0. The number of rotatable bonds is 8. The maximum Gasteiger partial charge on any atom is 0.328 e. The molecule has 4 N–H and O–H groups in total. The standard InChI is InChI=1S/C46H52FN9O4/c1-29-23-32(8-9-35(29)33-5-4-16-54(28-33)41-26-38(50-51-44(41)48)36-6-2-3-7-42(36)57)45(59)53-19-10-30(11-20-53)27-52-17-13-34(14-18-52)55-21-12-31-24-40(37(47)25-39(31)55)56-22-15-43(58)49-46(56)60/h2-3,6-9,12,21,23-26,30,33-34,57H,4-5,10-11,13-20,22,27-28H2,1H3,(H2,48,51)(H,49,58,60)/t33-/m0/s1. The Morgan fingerprint density at radius 1 is 0.900 bits per heavy atom. The van der Waals surface area contributed by atoms with Gasteiger partial charge in [0.15, 0.2) is 5.82 Å². The van der Waals surface area contributed by atoms with Crippen molar-refractivity contribution < 1.29 is 23.9 Å². The molecule has 9 rings (SSSR count). The molecule has 6 heterocycles. The first-order valence-electron chi connectivity index (χ1n) is 21.3. The summed E-state index contributed by atoms with van der Waals surface area (Å²) in [6.45, 7) is 8.32. The lowest BCUT2D eigenvalue weighted by atomic mass is 9.86. The highest BCUT2D eigenvalue weighted by molar-refractivity contribution is 6.06. The van der Waals surface area contributed by atoms with Crippen LogP contribution in [0.15, 0.2) is 72.9 Å². The molecule has 0 bridgehead atoms. The number of nitrogens with one attached hydrogen (secondary N) is 1. The highest BCUT2D eigenvalue weighted by atomic mass is 19.1. The van der Waals surface area contributed by atoms with Crippen LogP contribution in [-0.4, -0.2) is 99.9 Å². The zero-order valence-electron chi connectivity index (χ0n) is 34.0. The van der Waals surface area contributed by atoms with Gasteiger partial charge >= 0.3 is 6.03 Å². The van der Waals surface area contributed by atoms with E-state index in [1.165, 1.54) is 16.5 Å². The van der Waals surface area contributed by atoms with E-state index in [0.717, 1.165) is 112 Å². The topological polar surface area (TPSA) is 153 Å². The highest BCUT2D eigenvalue weighted by Gasteiger charge is 2.31. The molecule has 0 saturated carbocycles. The second-order valence-corrected chi connectivity index (χ2v) is 17.0. The SMILES string of the molecule is Cc1cc(C(=O)N2CCC(CN3CCC(n4ccc5cc(N6CCC(=O)NC6=O)c(F)cc54)CC3)CC2)ccc1[C@H]1CCCN(c2cc(-c3ccccc3O)nnc2N)C1. The van der Waals surface area contributed by atoms with Crippen molar-refractivity contribution in [2.24, 2.45) is 5.92 Å². The molecule has 2 aromatic heterocycles. The lowest BCUT2D eigenvalue weighted by molar-refractivity contribution is -0.120. The number of nitrogens with zero attached hydrogens (tertiary/aromatic N) is 7. The van der Waals surface area contributed by atoms with Crippen LogP contribution in [0, 0.1) is 18.7 Å². The number of likely N-dealkylation sites (tertiary alicyclic amines) is 2. The minimum atomic E-state index is -0.590. The van der Waals surface area contributed by atoms with Crippen molar-refractivity contribution in [3.63, 3.8) is 0 Å². The van der Waals surface area contributed by atoms with Crippen molar-refractivity contribution >= 4 is 45.9 Å². The number of phenolic OH excluding ortho intramolecular Hbond substituents is 1. The van der Waals surface area contributed by atoms with E-state index in [9.17, 15) is 19.5 Å². The van der Waals surface area contributed by atoms with Gasteiger partial charge < -0.3 is 30.1 Å². The van der Waals surface area contributed by atoms with Crippen molar-refractivity contribution in [3.8, 4) is 17.0 Å². The van der Waals surface area contributed by atoms with E-state index in [-0.39, 0.29) is 48.2 Å². The number of nitrogens with two attached hydrogens (primary N) is 1. The van der Waals surface area contributed by atoms with Gasteiger partial charge in [-0.25, -0.2) is 9.18 Å². The lowest BCUT2D eigenvalue weighted by Crippen LogP contribution is -2.49. The number of aromatic nitrogens is 3. The van der Waals surface area contributed by atoms with Crippen LogP contribution >= 0.6 is 0 Å². The second kappa shape index (κ2) is 16.6. The van der Waals surface area contributed by atoms with Crippen molar-refractivity contribution in [1.29, 1.82) is 0 Å². The van der Waals surface area contributed by atoms with Gasteiger partial charge in [-0.05, 0) is 105 Å². The van der Waals surface area contributed by atoms with Gasteiger partial charge in [0.25, 0.3) is 5.91 Å². The lowest BCUT2D eigenvalue weighted by Gasteiger charge is -2.38. The number of carbonyl (C=O) groups is 3. The van der Waals surface area contributed by atoms with Crippen molar-refractivity contribution in [2.45, 2.75) is 63.8 Å². The van der Waals surface area contributed by atoms with Crippen LogP contribution in [0.5, 0.6) is 5.75 Å². The first kappa shape index (κ1) is 39.4. The van der Waals surface area contributed by atoms with Crippen LogP contribution in [0.4, 0.5) is 26.4 Å². The number of aromatic hydroxyl groups is 1. The van der Waals surface area contributed by atoms with Gasteiger partial charge in [-0.1, -0.05) is 18.2 Å². The third-order valence-electron chi connectivity index (χ3n) is 13.2. The summed E-state index contributed by atoms with van der Waals surface area (Å²) < 4.78 is 17.5. The van der Waals surface area contributed by atoms with Crippen LogP contribution < -0.4 is 20.9 Å². The Morgan fingerprint density at radius 2 is 1.70 bits per heavy atom. The molecular formula is C46H52FN9O4. The number of hydrogen-bond donors (Lipinski definition) is 3. The molecule has 3 aromatic carbocycles. The maximum atomic E-state index is 15.4. The number of carbonyl (C=O) groups excluding carboxylic acids is 3. The number of anilines is 3. The van der Waals surface area contributed by atoms with E-state index < -0.39 is 11.8 Å². The van der Waals surface area contributed by atoms with Crippen LogP contribution in [-0.2, 0) is 4.79 Å². The van der Waals surface area contributed by atoms with Crippen molar-refractivity contribution in [2.75, 3.05) is 67.9 Å². The van der Waals surface area contributed by atoms with Crippen molar-refractivity contribution in [3.05, 3.63) is 95.4 Å². The Bertz CT molecular complexity index is 2440. The number of urea groups is 1. The fraction of sp³-hybridized carbons (Fsp3) is 0.413. The molecule has 14 heteroatoms. The van der Waals surface area contributed by atoms with E-state index in [2.05, 4.69) is 48.9 Å². The number of aryl methyl sites for hydroxylation is 1. The van der Waals surface area contributed by atoms with E-state index in [0.29, 0.717) is 23.0 Å². The second-order valence-electron chi connectivity index (χ2n) is 17.0. The molecule has 0 spiro atoms. The van der Waals surface area contributed by atoms with Gasteiger partial charge in [0, 0.05) is 99.5 Å². The van der Waals surface area contributed by atoms with E-state index >= 15 is 4.39 Å². The van der Waals surface area contributed by atoms with Gasteiger partial charge in [-0.15, -0.1) is 10.2 Å². The molecule has 4 amide bonds. The summed E-state index contributed by atoms with van der Waals surface area (Å²) in [7, 11) is 0. The molecule has 4 fully saturated rings. The summed E-state index contributed by atoms with van der Waals surface area (Å²) in [5.41, 5.74) is 12.5. The smallest absolute Gasteiger partial charge is 0.328 e. The monoisotopic (exact) mass is 813 g/mol. The summed E-state index contributed by atoms with van der Waals surface area (Å²) in [5.74, 6) is 0.601. The Kier molecular flexibility index (Phi) is 10.9. The number of imide groups is 1. The third kappa shape index (κ3) is 7.87. The molecule has 4 aliphatic heterocycles. The van der Waals surface area contributed by atoms with Gasteiger partial charge in [0.05, 0.1) is 22.6 Å². The predicted octanol–water partition coefficient (Wildman–Crippen LogP) is 6.85. The third-order valence-corrected chi connectivity index (χ3v) is 13.2. The Balaban J connectivity index is 0.766. The first-order valence-corrected chi connectivity index (χ1v) is 21.3. The number of nitrogen functional groups attached to an aromatic ring is 1.